The van der Waals surface area contributed by atoms with Gasteiger partial charge >= 0.3 is 5.97 Å². The highest BCUT2D eigenvalue weighted by atomic mass is 16.6. The molecule has 0 atom stereocenters. The Morgan fingerprint density at radius 3 is 2.00 bits per heavy atom. The largest absolute Gasteiger partial charge is 0.446 e. The molecule has 0 spiro atoms. The molecule has 11 heteroatoms. The Balaban J connectivity index is 5.80. The Bertz CT molecular complexity index is 447. The average Bonchev–Trinajstić information content (AvgIpc) is 2.26. The molecule has 11 nitrogen and oxygen atoms in total. The summed E-state index contributed by atoms with van der Waals surface area (Å²) in [6.07, 6.45) is 0. The number of azide groups is 2. The van der Waals surface area contributed by atoms with E-state index in [1.54, 1.807) is 0 Å². The van der Waals surface area contributed by atoms with Gasteiger partial charge in [0.2, 0.25) is 0 Å². The van der Waals surface area contributed by atoms with Crippen LogP contribution in [0.1, 0.15) is 20.8 Å². The minimum absolute atomic E-state index is 0.200. The predicted octanol–water partition coefficient (Wildman–Crippen LogP) is 3.16. The van der Waals surface area contributed by atoms with Crippen LogP contribution in [0.2, 0.25) is 0 Å². The molecular formula is C7H11N9O2. The lowest BCUT2D eigenvalue weighted by Crippen LogP contribution is -2.46. The Kier molecular flexibility index (Phi) is 5.32. The molecule has 0 rings (SSSR count). The molecule has 0 aromatic carbocycles. The zero-order chi connectivity index (χ0) is 14.2. The van der Waals surface area contributed by atoms with Gasteiger partial charge in [0.1, 0.15) is 0 Å². The van der Waals surface area contributed by atoms with Crippen LogP contribution in [0.15, 0.2) is 15.3 Å². The Labute approximate surface area is 102 Å². The highest BCUT2D eigenvalue weighted by molar-refractivity contribution is 5.66. The molecule has 0 aromatic rings. The number of ether oxygens (including phenoxy) is 1. The highest BCUT2D eigenvalue weighted by Crippen LogP contribution is 2.38. The number of rotatable bonds is 6. The van der Waals surface area contributed by atoms with E-state index in [2.05, 4.69) is 30.1 Å². The number of esters is 1. The summed E-state index contributed by atoms with van der Waals surface area (Å²) in [6.45, 7) is 3.80. The zero-order valence-corrected chi connectivity index (χ0v) is 10.0. The highest BCUT2D eigenvalue weighted by Gasteiger charge is 2.47. The molecule has 0 aromatic heterocycles. The van der Waals surface area contributed by atoms with Crippen LogP contribution in [0.25, 0.3) is 31.3 Å². The van der Waals surface area contributed by atoms with E-state index in [0.717, 1.165) is 6.92 Å². The minimum atomic E-state index is -2.13. The number of carbonyl (C=O) groups excluding carboxylic acids is 1. The molecule has 0 aliphatic rings. The van der Waals surface area contributed by atoms with Crippen LogP contribution in [0.4, 0.5) is 0 Å². The lowest BCUT2D eigenvalue weighted by Gasteiger charge is -2.37. The van der Waals surface area contributed by atoms with Crippen LogP contribution >= 0.6 is 0 Å². The molecule has 0 aliphatic heterocycles. The molecule has 0 unspecified atom stereocenters. The standard InChI is InChI=1S/C7H11N9O2/c1-5(17)18-7(12-15-9,13-16-10)6(2,3)4-11-14-8/h4H2,1-3H3. The lowest BCUT2D eigenvalue weighted by atomic mass is 9.87. The molecule has 0 N–H and O–H groups in total. The van der Waals surface area contributed by atoms with Crippen molar-refractivity contribution < 1.29 is 9.53 Å². The maximum absolute atomic E-state index is 11.0. The van der Waals surface area contributed by atoms with E-state index >= 15 is 0 Å². The molecule has 0 saturated carbocycles. The molecule has 18 heavy (non-hydrogen) atoms. The molecular weight excluding hydrogens is 242 g/mol. The first kappa shape index (κ1) is 15.4. The summed E-state index contributed by atoms with van der Waals surface area (Å²) >= 11 is 0. The second-order valence-electron chi connectivity index (χ2n) is 3.85. The smallest absolute Gasteiger partial charge is 0.303 e. The van der Waals surface area contributed by atoms with Crippen LogP contribution < -0.4 is 0 Å². The summed E-state index contributed by atoms with van der Waals surface area (Å²) in [6, 6.07) is 0. The van der Waals surface area contributed by atoms with Gasteiger partial charge in [-0.25, -0.2) is 0 Å². The van der Waals surface area contributed by atoms with Gasteiger partial charge in [0.25, 0.3) is 5.85 Å². The topological polar surface area (TPSA) is 173 Å². The van der Waals surface area contributed by atoms with Crippen molar-refractivity contribution in [3.8, 4) is 0 Å². The average molecular weight is 253 g/mol. The van der Waals surface area contributed by atoms with Gasteiger partial charge < -0.3 is 4.74 Å². The third kappa shape index (κ3) is 3.46. The van der Waals surface area contributed by atoms with Crippen LogP contribution in [-0.4, -0.2) is 18.4 Å². The van der Waals surface area contributed by atoms with Crippen LogP contribution in [0, 0.1) is 5.41 Å². The molecule has 0 heterocycles. The van der Waals surface area contributed by atoms with Gasteiger partial charge in [0.05, 0.1) is 0 Å². The maximum atomic E-state index is 11.0. The fourth-order valence-corrected chi connectivity index (χ4v) is 1.10. The Morgan fingerprint density at radius 2 is 1.67 bits per heavy atom. The lowest BCUT2D eigenvalue weighted by molar-refractivity contribution is -0.169. The van der Waals surface area contributed by atoms with E-state index in [1.807, 2.05) is 0 Å². The summed E-state index contributed by atoms with van der Waals surface area (Å²) in [5.41, 5.74) is 24.1. The van der Waals surface area contributed by atoms with Crippen LogP contribution in [-0.2, 0) is 9.53 Å². The SMILES string of the molecule is CC(=O)OC(N=[N+]=[N-])(N=[N+]=[N-])C(C)(C)CN=[N+]=[N-]. The van der Waals surface area contributed by atoms with Gasteiger partial charge in [-0.2, -0.15) is 0 Å². The summed E-state index contributed by atoms with van der Waals surface area (Å²) < 4.78 is 4.82. The minimum Gasteiger partial charge on any atom is -0.446 e. The van der Waals surface area contributed by atoms with E-state index in [9.17, 15) is 4.79 Å². The van der Waals surface area contributed by atoms with E-state index in [1.165, 1.54) is 13.8 Å². The van der Waals surface area contributed by atoms with Gasteiger partial charge in [-0.3, -0.25) is 4.79 Å². The zero-order valence-electron chi connectivity index (χ0n) is 10.0. The third-order valence-electron chi connectivity index (χ3n) is 2.06. The van der Waals surface area contributed by atoms with E-state index in [-0.39, 0.29) is 6.54 Å². The van der Waals surface area contributed by atoms with Crippen molar-refractivity contribution in [3.63, 3.8) is 0 Å². The summed E-state index contributed by atoms with van der Waals surface area (Å²) in [5.74, 6) is -2.93. The molecule has 0 aliphatic carbocycles. The van der Waals surface area contributed by atoms with Gasteiger partial charge in [0.15, 0.2) is 0 Å². The number of nitrogens with zero attached hydrogens (tertiary/aromatic N) is 9. The van der Waals surface area contributed by atoms with Gasteiger partial charge in [-0.15, -0.1) is 0 Å². The van der Waals surface area contributed by atoms with Gasteiger partial charge in [0, 0.05) is 33.6 Å². The van der Waals surface area contributed by atoms with E-state index in [4.69, 9.17) is 21.3 Å². The van der Waals surface area contributed by atoms with E-state index in [0.29, 0.717) is 0 Å². The van der Waals surface area contributed by atoms with Crippen molar-refractivity contribution in [2.45, 2.75) is 26.6 Å². The number of hydrogen-bond acceptors (Lipinski definition) is 5. The first-order chi connectivity index (χ1) is 8.35. The van der Waals surface area contributed by atoms with Crippen molar-refractivity contribution in [2.75, 3.05) is 6.54 Å². The second kappa shape index (κ2) is 6.21. The quantitative estimate of drug-likeness (QED) is 0.306. The number of hydrogen-bond donors (Lipinski definition) is 0. The first-order valence-electron chi connectivity index (χ1n) is 4.68. The van der Waals surface area contributed by atoms with Crippen molar-refractivity contribution in [1.82, 2.24) is 0 Å². The predicted molar refractivity (Wildman–Crippen MR) is 60.6 cm³/mol. The van der Waals surface area contributed by atoms with Crippen molar-refractivity contribution >= 4 is 5.97 Å². The fraction of sp³-hybridized carbons (Fsp3) is 0.857. The summed E-state index contributed by atoms with van der Waals surface area (Å²) in [7, 11) is 0. The first-order valence-corrected chi connectivity index (χ1v) is 4.68. The summed E-state index contributed by atoms with van der Waals surface area (Å²) in [5, 5.41) is 9.79. The number of carbonyl (C=O) groups is 1. The van der Waals surface area contributed by atoms with E-state index < -0.39 is 17.2 Å². The molecule has 0 saturated heterocycles. The Morgan fingerprint density at radius 1 is 1.17 bits per heavy atom. The molecule has 96 valence electrons. The molecule has 0 amide bonds. The van der Waals surface area contributed by atoms with Crippen molar-refractivity contribution in [2.24, 2.45) is 20.8 Å². The third-order valence-corrected chi connectivity index (χ3v) is 2.06. The monoisotopic (exact) mass is 253 g/mol. The van der Waals surface area contributed by atoms with Crippen molar-refractivity contribution in [1.29, 1.82) is 0 Å². The Hall–Kier alpha value is -2.60. The maximum Gasteiger partial charge on any atom is 0.303 e. The molecule has 0 fully saturated rings. The van der Waals surface area contributed by atoms with Gasteiger partial charge in [-0.1, -0.05) is 19.0 Å². The molecule has 0 bridgehead atoms. The normalized spacial score (nSPS) is 13.1. The van der Waals surface area contributed by atoms with Crippen LogP contribution in [0.5, 0.6) is 0 Å². The summed E-state index contributed by atoms with van der Waals surface area (Å²) in [4.78, 5) is 18.6. The van der Waals surface area contributed by atoms with Crippen molar-refractivity contribution in [3.05, 3.63) is 31.3 Å². The fourth-order valence-electron chi connectivity index (χ4n) is 1.10. The second-order valence-corrected chi connectivity index (χ2v) is 3.85. The van der Waals surface area contributed by atoms with Crippen LogP contribution in [0.3, 0.4) is 0 Å². The molecule has 0 radical (unpaired) electrons. The van der Waals surface area contributed by atoms with Gasteiger partial charge in [-0.05, 0) is 26.8 Å².